The molecule has 3 heteroatoms. The Kier molecular flexibility index (Phi) is 3.88. The fourth-order valence-electron chi connectivity index (χ4n) is 2.65. The van der Waals surface area contributed by atoms with Crippen LogP contribution in [0.3, 0.4) is 0 Å². The Morgan fingerprint density at radius 2 is 1.77 bits per heavy atom. The highest BCUT2D eigenvalue weighted by Gasteiger charge is 2.20. The van der Waals surface area contributed by atoms with E-state index in [4.69, 9.17) is 4.74 Å². The number of carbonyl (C=O) groups is 2. The second kappa shape index (κ2) is 5.98. The molecule has 0 saturated heterocycles. The monoisotopic (exact) mass is 292 g/mol. The van der Waals surface area contributed by atoms with Gasteiger partial charge in [0, 0.05) is 18.1 Å². The largest absolute Gasteiger partial charge is 0.427 e. The van der Waals surface area contributed by atoms with Crippen molar-refractivity contribution >= 4 is 17.8 Å². The molecule has 2 aromatic rings. The molecule has 0 atom stereocenters. The van der Waals surface area contributed by atoms with E-state index in [1.165, 1.54) is 6.92 Å². The maximum absolute atomic E-state index is 12.5. The third-order valence-electron chi connectivity index (χ3n) is 3.70. The molecule has 1 aliphatic carbocycles. The van der Waals surface area contributed by atoms with Crippen molar-refractivity contribution in [2.24, 2.45) is 0 Å². The number of fused-ring (bicyclic) bond motifs is 1. The molecule has 22 heavy (non-hydrogen) atoms. The molecule has 0 fully saturated rings. The molecule has 0 spiro atoms. The van der Waals surface area contributed by atoms with Crippen LogP contribution < -0.4 is 4.74 Å². The van der Waals surface area contributed by atoms with Crippen molar-refractivity contribution in [2.75, 3.05) is 0 Å². The molecule has 0 aromatic heterocycles. The maximum Gasteiger partial charge on any atom is 0.308 e. The second-order valence-corrected chi connectivity index (χ2v) is 5.32. The van der Waals surface area contributed by atoms with Crippen molar-refractivity contribution in [2.45, 2.75) is 19.8 Å². The Balaban J connectivity index is 1.84. The van der Waals surface area contributed by atoms with E-state index >= 15 is 0 Å². The van der Waals surface area contributed by atoms with Crippen LogP contribution in [0.5, 0.6) is 5.75 Å². The van der Waals surface area contributed by atoms with E-state index in [-0.39, 0.29) is 11.8 Å². The molecule has 0 amide bonds. The molecule has 3 rings (SSSR count). The van der Waals surface area contributed by atoms with Gasteiger partial charge in [-0.25, -0.2) is 0 Å². The lowest BCUT2D eigenvalue weighted by atomic mass is 9.86. The first-order valence-corrected chi connectivity index (χ1v) is 7.25. The van der Waals surface area contributed by atoms with Gasteiger partial charge in [-0.05, 0) is 42.2 Å². The highest BCUT2D eigenvalue weighted by atomic mass is 16.5. The minimum Gasteiger partial charge on any atom is -0.427 e. The molecule has 0 radical (unpaired) electrons. The predicted octanol–water partition coefficient (Wildman–Crippen LogP) is 3.82. The lowest BCUT2D eigenvalue weighted by Gasteiger charge is -2.17. The number of ether oxygens (including phenoxy) is 1. The van der Waals surface area contributed by atoms with Gasteiger partial charge in [-0.3, -0.25) is 9.59 Å². The van der Waals surface area contributed by atoms with Crippen molar-refractivity contribution in [3.8, 4) is 5.75 Å². The molecule has 0 unspecified atom stereocenters. The van der Waals surface area contributed by atoms with Gasteiger partial charge in [-0.15, -0.1) is 0 Å². The van der Waals surface area contributed by atoms with Crippen LogP contribution in [0.2, 0.25) is 0 Å². The van der Waals surface area contributed by atoms with Gasteiger partial charge < -0.3 is 4.74 Å². The van der Waals surface area contributed by atoms with Crippen molar-refractivity contribution in [1.82, 2.24) is 0 Å². The first-order valence-electron chi connectivity index (χ1n) is 7.25. The van der Waals surface area contributed by atoms with E-state index in [1.54, 1.807) is 12.1 Å². The van der Waals surface area contributed by atoms with Crippen LogP contribution in [-0.4, -0.2) is 11.8 Å². The Labute approximate surface area is 129 Å². The summed E-state index contributed by atoms with van der Waals surface area (Å²) in [5.74, 6) is 0.269. The van der Waals surface area contributed by atoms with Crippen molar-refractivity contribution < 1.29 is 14.3 Å². The fraction of sp³-hybridized carbons (Fsp3) is 0.158. The highest BCUT2D eigenvalue weighted by molar-refractivity contribution is 6.13. The number of carbonyl (C=O) groups excluding carboxylic acids is 2. The second-order valence-electron chi connectivity index (χ2n) is 5.32. The number of allylic oxidation sites excluding steroid dienone is 1. The Hall–Kier alpha value is -2.68. The molecule has 0 aliphatic heterocycles. The highest BCUT2D eigenvalue weighted by Crippen LogP contribution is 2.26. The summed E-state index contributed by atoms with van der Waals surface area (Å²) in [4.78, 5) is 23.4. The number of esters is 1. The lowest BCUT2D eigenvalue weighted by Crippen LogP contribution is -2.13. The lowest BCUT2D eigenvalue weighted by molar-refractivity contribution is -0.131. The normalized spacial score (nSPS) is 15.5. The molecule has 3 nitrogen and oxygen atoms in total. The van der Waals surface area contributed by atoms with Crippen LogP contribution in [0.1, 0.15) is 34.8 Å². The molecular formula is C19H16O3. The third kappa shape index (κ3) is 2.98. The van der Waals surface area contributed by atoms with E-state index in [0.717, 1.165) is 35.1 Å². The first kappa shape index (κ1) is 14.3. The summed E-state index contributed by atoms with van der Waals surface area (Å²) in [5.41, 5.74) is 3.67. The summed E-state index contributed by atoms with van der Waals surface area (Å²) in [7, 11) is 0. The Bertz CT molecular complexity index is 755. The zero-order valence-electron chi connectivity index (χ0n) is 12.3. The number of ketones is 1. The Morgan fingerprint density at radius 3 is 2.50 bits per heavy atom. The van der Waals surface area contributed by atoms with Crippen LogP contribution in [0.25, 0.3) is 6.08 Å². The number of aryl methyl sites for hydroxylation is 1. The molecular weight excluding hydrogens is 276 g/mol. The number of hydrogen-bond donors (Lipinski definition) is 0. The zero-order chi connectivity index (χ0) is 15.5. The van der Waals surface area contributed by atoms with Crippen molar-refractivity contribution in [1.29, 1.82) is 0 Å². The van der Waals surface area contributed by atoms with E-state index in [2.05, 4.69) is 0 Å². The Morgan fingerprint density at radius 1 is 1.05 bits per heavy atom. The van der Waals surface area contributed by atoms with Crippen LogP contribution in [0.15, 0.2) is 54.1 Å². The first-order chi connectivity index (χ1) is 10.6. The standard InChI is InChI=1S/C19H16O3/c1-13(20)22-17-10-6-14(7-11-17)12-16-9-8-15-4-2-3-5-18(15)19(16)21/h2-7,10-12H,8-9H2,1H3/b16-12-. The maximum atomic E-state index is 12.5. The molecule has 0 bridgehead atoms. The minimum atomic E-state index is -0.342. The summed E-state index contributed by atoms with van der Waals surface area (Å²) >= 11 is 0. The number of Topliss-reactive ketones (excluding diaryl/α,β-unsaturated/α-hetero) is 1. The van der Waals surface area contributed by atoms with Gasteiger partial charge in [0.1, 0.15) is 5.75 Å². The third-order valence-corrected chi connectivity index (χ3v) is 3.70. The van der Waals surface area contributed by atoms with Crippen LogP contribution >= 0.6 is 0 Å². The van der Waals surface area contributed by atoms with Crippen LogP contribution in [0.4, 0.5) is 0 Å². The van der Waals surface area contributed by atoms with Gasteiger partial charge in [0.2, 0.25) is 0 Å². The van der Waals surface area contributed by atoms with Gasteiger partial charge in [0.25, 0.3) is 0 Å². The van der Waals surface area contributed by atoms with Gasteiger partial charge in [-0.2, -0.15) is 0 Å². The van der Waals surface area contributed by atoms with Gasteiger partial charge >= 0.3 is 5.97 Å². The van der Waals surface area contributed by atoms with Crippen LogP contribution in [-0.2, 0) is 11.2 Å². The zero-order valence-corrected chi connectivity index (χ0v) is 12.3. The number of hydrogen-bond acceptors (Lipinski definition) is 3. The summed E-state index contributed by atoms with van der Waals surface area (Å²) in [6.07, 6.45) is 3.55. The van der Waals surface area contributed by atoms with Crippen molar-refractivity contribution in [3.63, 3.8) is 0 Å². The summed E-state index contributed by atoms with van der Waals surface area (Å²) in [6, 6.07) is 14.9. The summed E-state index contributed by atoms with van der Waals surface area (Å²) in [6.45, 7) is 1.37. The van der Waals surface area contributed by atoms with E-state index < -0.39 is 0 Å². The smallest absolute Gasteiger partial charge is 0.308 e. The quantitative estimate of drug-likeness (QED) is 0.480. The molecule has 0 saturated carbocycles. The number of benzene rings is 2. The fourth-order valence-corrected chi connectivity index (χ4v) is 2.65. The summed E-state index contributed by atoms with van der Waals surface area (Å²) < 4.78 is 5.00. The van der Waals surface area contributed by atoms with E-state index in [0.29, 0.717) is 5.75 Å². The molecule has 0 N–H and O–H groups in total. The molecule has 2 aromatic carbocycles. The molecule has 1 aliphatic rings. The predicted molar refractivity (Wildman–Crippen MR) is 84.8 cm³/mol. The average Bonchev–Trinajstić information content (AvgIpc) is 2.52. The SMILES string of the molecule is CC(=O)Oc1ccc(/C=C2/CCc3ccccc3C2=O)cc1. The van der Waals surface area contributed by atoms with Gasteiger partial charge in [-0.1, -0.05) is 36.4 Å². The van der Waals surface area contributed by atoms with Gasteiger partial charge in [0.15, 0.2) is 5.78 Å². The molecule has 110 valence electrons. The minimum absolute atomic E-state index is 0.103. The topological polar surface area (TPSA) is 43.4 Å². The summed E-state index contributed by atoms with van der Waals surface area (Å²) in [5, 5.41) is 0. The van der Waals surface area contributed by atoms with Crippen molar-refractivity contribution in [3.05, 3.63) is 70.8 Å². The van der Waals surface area contributed by atoms with E-state index in [1.807, 2.05) is 42.5 Å². The average molecular weight is 292 g/mol. The number of rotatable bonds is 2. The van der Waals surface area contributed by atoms with E-state index in [9.17, 15) is 9.59 Å². The molecule has 0 heterocycles. The van der Waals surface area contributed by atoms with Gasteiger partial charge in [0.05, 0.1) is 0 Å². The van der Waals surface area contributed by atoms with Crippen LogP contribution in [0, 0.1) is 0 Å².